The van der Waals surface area contributed by atoms with E-state index in [9.17, 15) is 18.0 Å². The molecule has 0 atom stereocenters. The average Bonchev–Trinajstić information content (AvgIpc) is 3.08. The summed E-state index contributed by atoms with van der Waals surface area (Å²) in [5.74, 6) is -0.408. The summed E-state index contributed by atoms with van der Waals surface area (Å²) in [6, 6.07) is 10.8. The Labute approximate surface area is 134 Å². The van der Waals surface area contributed by atoms with Crippen LogP contribution in [0.25, 0.3) is 22.6 Å². The number of carbonyl (C=O) groups is 1. The van der Waals surface area contributed by atoms with Crippen molar-refractivity contribution in [3.05, 3.63) is 65.4 Å². The monoisotopic (exact) mass is 328 g/mol. The first-order chi connectivity index (χ1) is 11.4. The molecule has 24 heavy (non-hydrogen) atoms. The third-order valence-electron chi connectivity index (χ3n) is 4.05. The van der Waals surface area contributed by atoms with Gasteiger partial charge < -0.3 is 10.3 Å². The van der Waals surface area contributed by atoms with Crippen LogP contribution in [0.2, 0.25) is 0 Å². The highest BCUT2D eigenvalue weighted by Crippen LogP contribution is 2.38. The number of fused-ring (bicyclic) bond motifs is 2. The van der Waals surface area contributed by atoms with Crippen LogP contribution in [0.1, 0.15) is 16.7 Å². The van der Waals surface area contributed by atoms with Crippen molar-refractivity contribution in [3.63, 3.8) is 0 Å². The first-order valence-corrected chi connectivity index (χ1v) is 7.24. The van der Waals surface area contributed by atoms with E-state index >= 15 is 0 Å². The molecule has 4 rings (SSSR count). The molecule has 1 aliphatic rings. The molecule has 0 saturated carbocycles. The Morgan fingerprint density at radius 2 is 1.83 bits per heavy atom. The highest BCUT2D eigenvalue weighted by atomic mass is 19.4. The van der Waals surface area contributed by atoms with Crippen LogP contribution in [0.4, 0.5) is 18.9 Å². The van der Waals surface area contributed by atoms with Crippen LogP contribution in [0, 0.1) is 0 Å². The second-order valence-corrected chi connectivity index (χ2v) is 5.56. The molecule has 3 nitrogen and oxygen atoms in total. The lowest BCUT2D eigenvalue weighted by Crippen LogP contribution is -2.04. The maximum Gasteiger partial charge on any atom is 0.416 e. The van der Waals surface area contributed by atoms with Crippen molar-refractivity contribution in [1.82, 2.24) is 4.98 Å². The highest BCUT2D eigenvalue weighted by molar-refractivity contribution is 6.35. The van der Waals surface area contributed by atoms with E-state index in [-0.39, 0.29) is 11.1 Å². The fourth-order valence-corrected chi connectivity index (χ4v) is 2.88. The SMILES string of the molecule is O=C1Nc2ccc(C(F)(F)F)cc2C1=Cc1c[nH]c2ccccc12. The zero-order valence-corrected chi connectivity index (χ0v) is 12.2. The third kappa shape index (κ3) is 2.27. The predicted molar refractivity (Wildman–Crippen MR) is 86.2 cm³/mol. The van der Waals surface area contributed by atoms with Gasteiger partial charge in [0.1, 0.15) is 0 Å². The van der Waals surface area contributed by atoms with E-state index in [2.05, 4.69) is 10.3 Å². The van der Waals surface area contributed by atoms with Gasteiger partial charge in [0.2, 0.25) is 0 Å². The predicted octanol–water partition coefficient (Wildman–Crippen LogP) is 4.68. The molecule has 2 N–H and O–H groups in total. The van der Waals surface area contributed by atoms with Crippen LogP contribution in [0.5, 0.6) is 0 Å². The number of hydrogen-bond acceptors (Lipinski definition) is 1. The molecule has 2 heterocycles. The molecular formula is C18H11F3N2O. The van der Waals surface area contributed by atoms with Gasteiger partial charge in [0, 0.05) is 39.5 Å². The Balaban J connectivity index is 1.87. The fourth-order valence-electron chi connectivity index (χ4n) is 2.88. The van der Waals surface area contributed by atoms with Crippen LogP contribution in [-0.4, -0.2) is 10.9 Å². The van der Waals surface area contributed by atoms with Crippen LogP contribution in [0.15, 0.2) is 48.7 Å². The van der Waals surface area contributed by atoms with Gasteiger partial charge in [0.15, 0.2) is 0 Å². The fraction of sp³-hybridized carbons (Fsp3) is 0.0556. The molecule has 2 aromatic carbocycles. The maximum absolute atomic E-state index is 12.9. The van der Waals surface area contributed by atoms with Gasteiger partial charge in [-0.1, -0.05) is 18.2 Å². The zero-order valence-electron chi connectivity index (χ0n) is 12.2. The van der Waals surface area contributed by atoms with Crippen molar-refractivity contribution in [1.29, 1.82) is 0 Å². The Morgan fingerprint density at radius 1 is 1.04 bits per heavy atom. The molecule has 1 amide bonds. The third-order valence-corrected chi connectivity index (χ3v) is 4.05. The van der Waals surface area contributed by atoms with E-state index in [0.717, 1.165) is 28.6 Å². The summed E-state index contributed by atoms with van der Waals surface area (Å²) in [5, 5.41) is 3.50. The zero-order chi connectivity index (χ0) is 16.9. The van der Waals surface area contributed by atoms with Gasteiger partial charge in [-0.25, -0.2) is 0 Å². The molecule has 3 aromatic rings. The molecule has 0 bridgehead atoms. The summed E-state index contributed by atoms with van der Waals surface area (Å²) >= 11 is 0. The van der Waals surface area contributed by atoms with Crippen molar-refractivity contribution in [2.45, 2.75) is 6.18 Å². The average molecular weight is 328 g/mol. The molecule has 120 valence electrons. The van der Waals surface area contributed by atoms with E-state index in [1.165, 1.54) is 6.07 Å². The van der Waals surface area contributed by atoms with E-state index in [1.54, 1.807) is 12.3 Å². The summed E-state index contributed by atoms with van der Waals surface area (Å²) in [6.45, 7) is 0. The lowest BCUT2D eigenvalue weighted by Gasteiger charge is -2.08. The number of halogens is 3. The number of H-pyrrole nitrogens is 1. The Morgan fingerprint density at radius 3 is 2.62 bits per heavy atom. The second-order valence-electron chi connectivity index (χ2n) is 5.56. The summed E-state index contributed by atoms with van der Waals surface area (Å²) in [5.41, 5.74) is 1.75. The number of anilines is 1. The summed E-state index contributed by atoms with van der Waals surface area (Å²) in [6.07, 6.45) is -1.11. The number of nitrogens with one attached hydrogen (secondary N) is 2. The van der Waals surface area contributed by atoms with E-state index in [1.807, 2.05) is 24.3 Å². The van der Waals surface area contributed by atoms with E-state index in [0.29, 0.717) is 5.69 Å². The smallest absolute Gasteiger partial charge is 0.361 e. The molecule has 0 fully saturated rings. The van der Waals surface area contributed by atoms with Gasteiger partial charge in [-0.05, 0) is 30.3 Å². The Bertz CT molecular complexity index is 999. The molecule has 0 radical (unpaired) electrons. The quantitative estimate of drug-likeness (QED) is 0.626. The molecule has 1 aromatic heterocycles. The summed E-state index contributed by atoms with van der Waals surface area (Å²) < 4.78 is 38.8. The first-order valence-electron chi connectivity index (χ1n) is 7.24. The normalized spacial score (nSPS) is 15.8. The number of benzene rings is 2. The number of alkyl halides is 3. The van der Waals surface area contributed by atoms with Crippen molar-refractivity contribution in [2.75, 3.05) is 5.32 Å². The van der Waals surface area contributed by atoms with Gasteiger partial charge >= 0.3 is 6.18 Å². The van der Waals surface area contributed by atoms with Gasteiger partial charge in [-0.3, -0.25) is 4.79 Å². The van der Waals surface area contributed by atoms with Crippen LogP contribution >= 0.6 is 0 Å². The minimum atomic E-state index is -4.45. The summed E-state index contributed by atoms with van der Waals surface area (Å²) in [7, 11) is 0. The summed E-state index contributed by atoms with van der Waals surface area (Å²) in [4.78, 5) is 15.3. The van der Waals surface area contributed by atoms with Crippen LogP contribution in [0.3, 0.4) is 0 Å². The highest BCUT2D eigenvalue weighted by Gasteiger charge is 2.33. The van der Waals surface area contributed by atoms with Crippen molar-refractivity contribution >= 4 is 34.1 Å². The molecular weight excluding hydrogens is 317 g/mol. The number of aromatic nitrogens is 1. The topological polar surface area (TPSA) is 44.9 Å². The minimum Gasteiger partial charge on any atom is -0.361 e. The van der Waals surface area contributed by atoms with Gasteiger partial charge in [0.25, 0.3) is 5.91 Å². The van der Waals surface area contributed by atoms with Gasteiger partial charge in [-0.15, -0.1) is 0 Å². The van der Waals surface area contributed by atoms with Gasteiger partial charge in [0.05, 0.1) is 5.56 Å². The van der Waals surface area contributed by atoms with Crippen LogP contribution < -0.4 is 5.32 Å². The number of amides is 1. The molecule has 6 heteroatoms. The Kier molecular flexibility index (Phi) is 3.03. The molecule has 0 saturated heterocycles. The Hall–Kier alpha value is -3.02. The van der Waals surface area contributed by atoms with Crippen molar-refractivity contribution < 1.29 is 18.0 Å². The van der Waals surface area contributed by atoms with Crippen LogP contribution in [-0.2, 0) is 11.0 Å². The number of aromatic amines is 1. The van der Waals surface area contributed by atoms with E-state index < -0.39 is 17.6 Å². The molecule has 0 aliphatic carbocycles. The lowest BCUT2D eigenvalue weighted by molar-refractivity contribution is -0.137. The second kappa shape index (κ2) is 4.99. The number of hydrogen-bond donors (Lipinski definition) is 2. The van der Waals surface area contributed by atoms with Crippen molar-refractivity contribution in [2.24, 2.45) is 0 Å². The molecule has 0 spiro atoms. The standard InChI is InChI=1S/C18H11F3N2O/c19-18(20,21)11-5-6-16-13(8-11)14(17(24)23-16)7-10-9-22-15-4-2-1-3-12(10)15/h1-9,22H,(H,23,24). The molecule has 1 aliphatic heterocycles. The number of rotatable bonds is 1. The first kappa shape index (κ1) is 14.6. The minimum absolute atomic E-state index is 0.223. The van der Waals surface area contributed by atoms with Crippen molar-refractivity contribution in [3.8, 4) is 0 Å². The largest absolute Gasteiger partial charge is 0.416 e. The number of para-hydroxylation sites is 1. The van der Waals surface area contributed by atoms with E-state index in [4.69, 9.17) is 0 Å². The lowest BCUT2D eigenvalue weighted by atomic mass is 10.0. The van der Waals surface area contributed by atoms with Gasteiger partial charge in [-0.2, -0.15) is 13.2 Å². The number of carbonyl (C=O) groups excluding carboxylic acids is 1. The molecule has 0 unspecified atom stereocenters. The maximum atomic E-state index is 12.9.